The lowest BCUT2D eigenvalue weighted by atomic mass is 9.86. The van der Waals surface area contributed by atoms with Crippen LogP contribution in [0.1, 0.15) is 50.7 Å². The molecule has 1 heterocycles. The number of benzene rings is 1. The topological polar surface area (TPSA) is 45.2 Å². The monoisotopic (exact) mass is 325 g/mol. The van der Waals surface area contributed by atoms with Crippen molar-refractivity contribution in [2.24, 2.45) is 0 Å². The van der Waals surface area contributed by atoms with Crippen LogP contribution in [-0.4, -0.2) is 24.0 Å². The van der Waals surface area contributed by atoms with E-state index in [1.807, 2.05) is 30.3 Å². The first-order valence-electron chi connectivity index (χ1n) is 8.48. The molecule has 1 aromatic carbocycles. The zero-order valence-electron chi connectivity index (χ0n) is 15.3. The van der Waals surface area contributed by atoms with E-state index in [2.05, 4.69) is 49.8 Å². The number of carbonyl (C=O) groups excluding carboxylic acids is 1. The maximum absolute atomic E-state index is 12.5. The van der Waals surface area contributed by atoms with Crippen LogP contribution in [0.15, 0.2) is 42.6 Å². The SMILES string of the molecule is CCN(CC)c1ccc(C(=O)Nc2ccccc2C(C)(C)C)nc1. The molecule has 4 heteroatoms. The summed E-state index contributed by atoms with van der Waals surface area (Å²) in [5, 5.41) is 2.99. The quantitative estimate of drug-likeness (QED) is 0.881. The van der Waals surface area contributed by atoms with Gasteiger partial charge in [-0.2, -0.15) is 0 Å². The summed E-state index contributed by atoms with van der Waals surface area (Å²) in [6, 6.07) is 11.6. The van der Waals surface area contributed by atoms with Crippen molar-refractivity contribution in [3.05, 3.63) is 53.9 Å². The second-order valence-corrected chi connectivity index (χ2v) is 6.82. The van der Waals surface area contributed by atoms with Crippen molar-refractivity contribution < 1.29 is 4.79 Å². The second kappa shape index (κ2) is 7.47. The minimum atomic E-state index is -0.183. The van der Waals surface area contributed by atoms with Crippen molar-refractivity contribution in [2.75, 3.05) is 23.3 Å². The largest absolute Gasteiger partial charge is 0.371 e. The summed E-state index contributed by atoms with van der Waals surface area (Å²) < 4.78 is 0. The lowest BCUT2D eigenvalue weighted by Gasteiger charge is -2.23. The highest BCUT2D eigenvalue weighted by molar-refractivity contribution is 6.03. The van der Waals surface area contributed by atoms with Crippen LogP contribution in [0.5, 0.6) is 0 Å². The normalized spacial score (nSPS) is 11.2. The summed E-state index contributed by atoms with van der Waals surface area (Å²) in [6.07, 6.45) is 1.76. The molecule has 1 amide bonds. The van der Waals surface area contributed by atoms with Gasteiger partial charge in [-0.05, 0) is 43.0 Å². The van der Waals surface area contributed by atoms with Crippen LogP contribution in [0.4, 0.5) is 11.4 Å². The number of rotatable bonds is 5. The van der Waals surface area contributed by atoms with Gasteiger partial charge in [0.1, 0.15) is 5.69 Å². The summed E-state index contributed by atoms with van der Waals surface area (Å²) in [5.74, 6) is -0.183. The van der Waals surface area contributed by atoms with Crippen LogP contribution in [0.2, 0.25) is 0 Å². The van der Waals surface area contributed by atoms with Crippen LogP contribution in [0, 0.1) is 0 Å². The molecule has 0 bridgehead atoms. The molecule has 2 aromatic rings. The van der Waals surface area contributed by atoms with Gasteiger partial charge in [-0.25, -0.2) is 4.98 Å². The Bertz CT molecular complexity index is 683. The van der Waals surface area contributed by atoms with Gasteiger partial charge in [-0.1, -0.05) is 39.0 Å². The number of hydrogen-bond donors (Lipinski definition) is 1. The molecule has 0 aliphatic carbocycles. The van der Waals surface area contributed by atoms with Gasteiger partial charge in [0.05, 0.1) is 11.9 Å². The van der Waals surface area contributed by atoms with Crippen LogP contribution in [0.3, 0.4) is 0 Å². The number of hydrogen-bond acceptors (Lipinski definition) is 3. The molecule has 0 saturated carbocycles. The molecular weight excluding hydrogens is 298 g/mol. The Morgan fingerprint density at radius 2 is 1.75 bits per heavy atom. The van der Waals surface area contributed by atoms with E-state index >= 15 is 0 Å². The Hall–Kier alpha value is -2.36. The maximum Gasteiger partial charge on any atom is 0.274 e. The van der Waals surface area contributed by atoms with Crippen molar-refractivity contribution in [1.29, 1.82) is 0 Å². The van der Waals surface area contributed by atoms with Crippen molar-refractivity contribution in [3.63, 3.8) is 0 Å². The van der Waals surface area contributed by atoms with Gasteiger partial charge in [0.2, 0.25) is 0 Å². The summed E-state index contributed by atoms with van der Waals surface area (Å²) >= 11 is 0. The molecule has 0 spiro atoms. The molecule has 4 nitrogen and oxygen atoms in total. The molecule has 0 fully saturated rings. The average molecular weight is 325 g/mol. The Morgan fingerprint density at radius 1 is 1.08 bits per heavy atom. The van der Waals surface area contributed by atoms with Crippen LogP contribution >= 0.6 is 0 Å². The highest BCUT2D eigenvalue weighted by atomic mass is 16.1. The summed E-state index contributed by atoms with van der Waals surface area (Å²) in [4.78, 5) is 19.1. The fourth-order valence-electron chi connectivity index (χ4n) is 2.73. The molecule has 2 rings (SSSR count). The first-order chi connectivity index (χ1) is 11.4. The predicted octanol–water partition coefficient (Wildman–Crippen LogP) is 4.48. The number of anilines is 2. The van der Waals surface area contributed by atoms with Crippen molar-refractivity contribution >= 4 is 17.3 Å². The van der Waals surface area contributed by atoms with Gasteiger partial charge < -0.3 is 10.2 Å². The first-order valence-corrected chi connectivity index (χ1v) is 8.48. The van der Waals surface area contributed by atoms with Crippen molar-refractivity contribution in [3.8, 4) is 0 Å². The fourth-order valence-corrected chi connectivity index (χ4v) is 2.73. The van der Waals surface area contributed by atoms with E-state index in [9.17, 15) is 4.79 Å². The van der Waals surface area contributed by atoms with E-state index < -0.39 is 0 Å². The van der Waals surface area contributed by atoms with E-state index in [-0.39, 0.29) is 11.3 Å². The smallest absolute Gasteiger partial charge is 0.274 e. The summed E-state index contributed by atoms with van der Waals surface area (Å²) in [5.41, 5.74) is 3.37. The molecule has 24 heavy (non-hydrogen) atoms. The third-order valence-corrected chi connectivity index (χ3v) is 4.09. The maximum atomic E-state index is 12.5. The van der Waals surface area contributed by atoms with E-state index in [1.54, 1.807) is 12.3 Å². The molecule has 0 aliphatic heterocycles. The number of nitrogens with zero attached hydrogens (tertiary/aromatic N) is 2. The number of aromatic nitrogens is 1. The van der Waals surface area contributed by atoms with Crippen molar-refractivity contribution in [2.45, 2.75) is 40.0 Å². The van der Waals surface area contributed by atoms with Gasteiger partial charge in [0, 0.05) is 18.8 Å². The Balaban J connectivity index is 2.19. The minimum absolute atomic E-state index is 0.0378. The predicted molar refractivity (Wildman–Crippen MR) is 101 cm³/mol. The molecule has 0 atom stereocenters. The number of carbonyl (C=O) groups is 1. The molecular formula is C20H27N3O. The van der Waals surface area contributed by atoms with Crippen LogP contribution < -0.4 is 10.2 Å². The van der Waals surface area contributed by atoms with E-state index in [4.69, 9.17) is 0 Å². The summed E-state index contributed by atoms with van der Waals surface area (Å²) in [7, 11) is 0. The lowest BCUT2D eigenvalue weighted by Crippen LogP contribution is -2.22. The average Bonchev–Trinajstić information content (AvgIpc) is 2.56. The summed E-state index contributed by atoms with van der Waals surface area (Å²) in [6.45, 7) is 12.5. The number of para-hydroxylation sites is 1. The highest BCUT2D eigenvalue weighted by Crippen LogP contribution is 2.29. The van der Waals surface area contributed by atoms with E-state index in [0.29, 0.717) is 5.69 Å². The third-order valence-electron chi connectivity index (χ3n) is 4.09. The molecule has 1 N–H and O–H groups in total. The van der Waals surface area contributed by atoms with Crippen LogP contribution in [0.25, 0.3) is 0 Å². The van der Waals surface area contributed by atoms with Gasteiger partial charge in [0.15, 0.2) is 0 Å². The second-order valence-electron chi connectivity index (χ2n) is 6.82. The third kappa shape index (κ3) is 4.13. The standard InChI is InChI=1S/C20H27N3O/c1-6-23(7-2)15-12-13-18(21-14-15)19(24)22-17-11-9-8-10-16(17)20(3,4)5/h8-14H,6-7H2,1-5H3,(H,22,24). The molecule has 0 unspecified atom stereocenters. The fraction of sp³-hybridized carbons (Fsp3) is 0.400. The molecule has 0 saturated heterocycles. The number of amides is 1. The van der Waals surface area contributed by atoms with Crippen LogP contribution in [-0.2, 0) is 5.41 Å². The Kier molecular flexibility index (Phi) is 5.60. The van der Waals surface area contributed by atoms with Gasteiger partial charge in [-0.15, -0.1) is 0 Å². The Labute approximate surface area is 144 Å². The molecule has 0 radical (unpaired) electrons. The molecule has 1 aromatic heterocycles. The minimum Gasteiger partial charge on any atom is -0.371 e. The molecule has 128 valence electrons. The van der Waals surface area contributed by atoms with E-state index in [1.165, 1.54) is 0 Å². The van der Waals surface area contributed by atoms with E-state index in [0.717, 1.165) is 30.0 Å². The van der Waals surface area contributed by atoms with Gasteiger partial charge >= 0.3 is 0 Å². The first kappa shape index (κ1) is 18.0. The number of pyridine rings is 1. The highest BCUT2D eigenvalue weighted by Gasteiger charge is 2.19. The number of nitrogens with one attached hydrogen (secondary N) is 1. The van der Waals surface area contributed by atoms with Gasteiger partial charge in [-0.3, -0.25) is 4.79 Å². The Morgan fingerprint density at radius 3 is 2.29 bits per heavy atom. The zero-order chi connectivity index (χ0) is 17.7. The molecule has 0 aliphatic rings. The lowest BCUT2D eigenvalue weighted by molar-refractivity contribution is 0.102. The zero-order valence-corrected chi connectivity index (χ0v) is 15.3. The van der Waals surface area contributed by atoms with Crippen molar-refractivity contribution in [1.82, 2.24) is 4.98 Å². The van der Waals surface area contributed by atoms with Gasteiger partial charge in [0.25, 0.3) is 5.91 Å².